The number of esters is 2. The van der Waals surface area contributed by atoms with Crippen molar-refractivity contribution in [2.75, 3.05) is 13.7 Å². The molecule has 3 atom stereocenters. The number of thioether (sulfide) groups is 1. The lowest BCUT2D eigenvalue weighted by atomic mass is 10.2. The van der Waals surface area contributed by atoms with Crippen molar-refractivity contribution in [2.24, 2.45) is 0 Å². The molecule has 1 aliphatic heterocycles. The molecule has 0 radical (unpaired) electrons. The normalized spacial score (nSPS) is 24.6. The maximum atomic E-state index is 11.8. The van der Waals surface area contributed by atoms with Crippen LogP contribution in [-0.2, 0) is 19.0 Å². The lowest BCUT2D eigenvalue weighted by Gasteiger charge is -2.10. The van der Waals surface area contributed by atoms with Gasteiger partial charge >= 0.3 is 11.9 Å². The molecule has 0 saturated carbocycles. The van der Waals surface area contributed by atoms with Crippen molar-refractivity contribution in [3.63, 3.8) is 0 Å². The number of carbonyl (C=O) groups excluding carboxylic acids is 2. The number of rotatable bonds is 5. The largest absolute Gasteiger partial charge is 0.469 e. The van der Waals surface area contributed by atoms with E-state index in [1.165, 1.54) is 18.9 Å². The molecule has 0 amide bonds. The summed E-state index contributed by atoms with van der Waals surface area (Å²) in [6.07, 6.45) is -1.03. The third-order valence-corrected chi connectivity index (χ3v) is 4.19. The first-order chi connectivity index (χ1) is 10.1. The van der Waals surface area contributed by atoms with E-state index in [1.807, 2.05) is 0 Å². The summed E-state index contributed by atoms with van der Waals surface area (Å²) >= 11 is 1.25. The molecule has 1 aliphatic rings. The van der Waals surface area contributed by atoms with E-state index >= 15 is 0 Å². The van der Waals surface area contributed by atoms with Gasteiger partial charge in [0.05, 0.1) is 24.3 Å². The third kappa shape index (κ3) is 4.45. The molecule has 0 bridgehead atoms. The molecule has 0 aliphatic carbocycles. The van der Waals surface area contributed by atoms with Crippen molar-refractivity contribution in [1.82, 2.24) is 0 Å². The van der Waals surface area contributed by atoms with E-state index in [9.17, 15) is 14.7 Å². The molecule has 1 aromatic rings. The van der Waals surface area contributed by atoms with Crippen LogP contribution >= 0.6 is 11.8 Å². The fourth-order valence-electron chi connectivity index (χ4n) is 1.81. The number of ether oxygens (including phenoxy) is 3. The van der Waals surface area contributed by atoms with Crippen molar-refractivity contribution in [2.45, 2.75) is 23.4 Å². The Morgan fingerprint density at radius 2 is 2.05 bits per heavy atom. The van der Waals surface area contributed by atoms with E-state index in [0.717, 1.165) is 0 Å². The van der Waals surface area contributed by atoms with Crippen LogP contribution in [0.25, 0.3) is 0 Å². The summed E-state index contributed by atoms with van der Waals surface area (Å²) in [5.74, 6) is -0.872. The molecular formula is C14H16O6S. The first kappa shape index (κ1) is 15.8. The fourth-order valence-corrected chi connectivity index (χ4v) is 2.96. The second-order valence-electron chi connectivity index (χ2n) is 4.38. The van der Waals surface area contributed by atoms with Gasteiger partial charge in [-0.2, -0.15) is 0 Å². The van der Waals surface area contributed by atoms with Gasteiger partial charge in [0.2, 0.25) is 0 Å². The van der Waals surface area contributed by atoms with Crippen LogP contribution in [0.2, 0.25) is 0 Å². The number of carbonyl (C=O) groups is 2. The second kappa shape index (κ2) is 7.44. The Morgan fingerprint density at radius 1 is 1.33 bits per heavy atom. The van der Waals surface area contributed by atoms with Gasteiger partial charge in [-0.25, -0.2) is 4.79 Å². The molecule has 0 spiro atoms. The van der Waals surface area contributed by atoms with E-state index in [-0.39, 0.29) is 13.0 Å². The van der Waals surface area contributed by atoms with Crippen LogP contribution in [0.1, 0.15) is 16.8 Å². The Hall–Kier alpha value is -1.57. The van der Waals surface area contributed by atoms with Gasteiger partial charge in [-0.1, -0.05) is 18.2 Å². The molecule has 21 heavy (non-hydrogen) atoms. The zero-order valence-corrected chi connectivity index (χ0v) is 12.2. The Balaban J connectivity index is 1.80. The van der Waals surface area contributed by atoms with Crippen LogP contribution in [0.5, 0.6) is 0 Å². The standard InChI is InChI=1S/C14H16O6S/c1-18-11(15)7-10-14(17)20-12(21-10)8-19-13(16)9-5-3-2-4-6-9/h2-6,10,12,14,17H,7-8H2,1H3. The van der Waals surface area contributed by atoms with E-state index < -0.39 is 28.9 Å². The number of hydrogen-bond acceptors (Lipinski definition) is 7. The summed E-state index contributed by atoms with van der Waals surface area (Å²) in [5, 5.41) is 9.28. The first-order valence-electron chi connectivity index (χ1n) is 6.38. The predicted molar refractivity (Wildman–Crippen MR) is 75.6 cm³/mol. The minimum atomic E-state index is -1.07. The monoisotopic (exact) mass is 312 g/mol. The van der Waals surface area contributed by atoms with Crippen LogP contribution in [0.15, 0.2) is 30.3 Å². The van der Waals surface area contributed by atoms with Crippen LogP contribution in [-0.4, -0.2) is 47.7 Å². The number of methoxy groups -OCH3 is 1. The molecule has 114 valence electrons. The topological polar surface area (TPSA) is 82.1 Å². The molecular weight excluding hydrogens is 296 g/mol. The number of aliphatic hydroxyl groups excluding tert-OH is 1. The Kier molecular flexibility index (Phi) is 5.60. The maximum Gasteiger partial charge on any atom is 0.338 e. The van der Waals surface area contributed by atoms with Crippen LogP contribution in [0.4, 0.5) is 0 Å². The smallest absolute Gasteiger partial charge is 0.338 e. The first-order valence-corrected chi connectivity index (χ1v) is 7.32. The van der Waals surface area contributed by atoms with Gasteiger partial charge in [-0.3, -0.25) is 4.79 Å². The quantitative estimate of drug-likeness (QED) is 0.818. The van der Waals surface area contributed by atoms with Crippen molar-refractivity contribution >= 4 is 23.7 Å². The number of benzene rings is 1. The van der Waals surface area contributed by atoms with Crippen LogP contribution < -0.4 is 0 Å². The summed E-state index contributed by atoms with van der Waals surface area (Å²) in [6.45, 7) is 0.00707. The highest BCUT2D eigenvalue weighted by Crippen LogP contribution is 2.34. The van der Waals surface area contributed by atoms with Gasteiger partial charge in [0, 0.05) is 0 Å². The molecule has 1 fully saturated rings. The lowest BCUT2D eigenvalue weighted by Crippen LogP contribution is -2.23. The average Bonchev–Trinajstić information content (AvgIpc) is 2.85. The van der Waals surface area contributed by atoms with Crippen molar-refractivity contribution in [3.05, 3.63) is 35.9 Å². The Labute approximate surface area is 126 Å². The van der Waals surface area contributed by atoms with Gasteiger partial charge in [0.25, 0.3) is 0 Å². The minimum Gasteiger partial charge on any atom is -0.469 e. The zero-order valence-electron chi connectivity index (χ0n) is 11.4. The van der Waals surface area contributed by atoms with Crippen molar-refractivity contribution in [1.29, 1.82) is 0 Å². The molecule has 7 heteroatoms. The van der Waals surface area contributed by atoms with Gasteiger partial charge in [-0.15, -0.1) is 11.8 Å². The van der Waals surface area contributed by atoms with Gasteiger partial charge in [0.1, 0.15) is 12.0 Å². The average molecular weight is 312 g/mol. The molecule has 1 saturated heterocycles. The lowest BCUT2D eigenvalue weighted by molar-refractivity contribution is -0.144. The molecule has 0 aromatic heterocycles. The van der Waals surface area contributed by atoms with Crippen molar-refractivity contribution < 1.29 is 28.9 Å². The highest BCUT2D eigenvalue weighted by atomic mass is 32.2. The SMILES string of the molecule is COC(=O)CC1SC(COC(=O)c2ccccc2)OC1O. The summed E-state index contributed by atoms with van der Waals surface area (Å²) in [7, 11) is 1.29. The number of aliphatic hydroxyl groups is 1. The zero-order chi connectivity index (χ0) is 15.2. The highest BCUT2D eigenvalue weighted by molar-refractivity contribution is 8.00. The minimum absolute atomic E-state index is 0.00707. The summed E-state index contributed by atoms with van der Waals surface area (Å²) in [5.41, 5.74) is -0.0468. The van der Waals surface area contributed by atoms with Crippen molar-refractivity contribution in [3.8, 4) is 0 Å². The Morgan fingerprint density at radius 3 is 2.71 bits per heavy atom. The summed E-state index contributed by atoms with van der Waals surface area (Å²) in [4.78, 5) is 22.9. The van der Waals surface area contributed by atoms with E-state index in [4.69, 9.17) is 9.47 Å². The van der Waals surface area contributed by atoms with Crippen LogP contribution in [0, 0.1) is 0 Å². The molecule has 6 nitrogen and oxygen atoms in total. The Bertz CT molecular complexity index is 491. The summed E-state index contributed by atoms with van der Waals surface area (Å²) in [6, 6.07) is 8.60. The molecule has 3 unspecified atom stereocenters. The molecule has 1 N–H and O–H groups in total. The summed E-state index contributed by atoms with van der Waals surface area (Å²) < 4.78 is 14.9. The second-order valence-corrected chi connectivity index (χ2v) is 5.78. The molecule has 1 heterocycles. The molecule has 1 aromatic carbocycles. The number of hydrogen-bond donors (Lipinski definition) is 1. The predicted octanol–water partition coefficient (Wildman–Crippen LogP) is 1.18. The van der Waals surface area contributed by atoms with Gasteiger partial charge in [0.15, 0.2) is 6.29 Å². The van der Waals surface area contributed by atoms with Gasteiger partial charge in [-0.05, 0) is 12.1 Å². The van der Waals surface area contributed by atoms with E-state index in [1.54, 1.807) is 30.3 Å². The van der Waals surface area contributed by atoms with Gasteiger partial charge < -0.3 is 19.3 Å². The van der Waals surface area contributed by atoms with E-state index in [2.05, 4.69) is 4.74 Å². The maximum absolute atomic E-state index is 11.8. The molecule has 2 rings (SSSR count). The van der Waals surface area contributed by atoms with Crippen LogP contribution in [0.3, 0.4) is 0 Å². The van der Waals surface area contributed by atoms with E-state index in [0.29, 0.717) is 5.56 Å². The highest BCUT2D eigenvalue weighted by Gasteiger charge is 2.36. The third-order valence-electron chi connectivity index (χ3n) is 2.89. The fraction of sp³-hybridized carbons (Fsp3) is 0.429.